The predicted octanol–water partition coefficient (Wildman–Crippen LogP) is 5.39. The molecule has 0 radical (unpaired) electrons. The summed E-state index contributed by atoms with van der Waals surface area (Å²) in [4.78, 5) is 0. The molecule has 0 saturated carbocycles. The third kappa shape index (κ3) is 19.7. The Balaban J connectivity index is 3.06. The molecule has 24 heavy (non-hydrogen) atoms. The van der Waals surface area contributed by atoms with E-state index in [2.05, 4.69) is 19.1 Å². The van der Waals surface area contributed by atoms with Crippen LogP contribution >= 0.6 is 0 Å². The first-order valence-corrected chi connectivity index (χ1v) is 10.3. The highest BCUT2D eigenvalue weighted by Gasteiger charge is 2.00. The van der Waals surface area contributed by atoms with E-state index in [1.807, 2.05) is 0 Å². The molecule has 0 amide bonds. The molecule has 0 bridgehead atoms. The highest BCUT2D eigenvalue weighted by Crippen LogP contribution is 2.10. The van der Waals surface area contributed by atoms with Crippen molar-refractivity contribution in [1.29, 1.82) is 0 Å². The van der Waals surface area contributed by atoms with Crippen LogP contribution in [0.15, 0.2) is 12.2 Å². The van der Waals surface area contributed by atoms with E-state index in [1.54, 1.807) is 0 Å². The Bertz CT molecular complexity index is 253. The van der Waals surface area contributed by atoms with E-state index in [9.17, 15) is 0 Å². The first kappa shape index (κ1) is 23.6. The van der Waals surface area contributed by atoms with Crippen LogP contribution < -0.4 is 0 Å². The molecular formula is C21H42O3. The maximum absolute atomic E-state index is 9.11. The Kier molecular flexibility index (Phi) is 20.3. The first-order chi connectivity index (χ1) is 11.8. The molecule has 1 atom stereocenters. The second-order valence-corrected chi connectivity index (χ2v) is 6.85. The van der Waals surface area contributed by atoms with Crippen molar-refractivity contribution < 1.29 is 14.9 Å². The summed E-state index contributed by atoms with van der Waals surface area (Å²) in [5.74, 6) is 0. The van der Waals surface area contributed by atoms with Crippen molar-refractivity contribution in [3.05, 3.63) is 12.2 Å². The van der Waals surface area contributed by atoms with E-state index in [0.29, 0.717) is 6.61 Å². The molecule has 2 N–H and O–H groups in total. The number of unbranched alkanes of at least 4 members (excludes halogenated alkanes) is 12. The van der Waals surface area contributed by atoms with Gasteiger partial charge in [-0.15, -0.1) is 0 Å². The second-order valence-electron chi connectivity index (χ2n) is 6.85. The largest absolute Gasteiger partial charge is 0.394 e. The van der Waals surface area contributed by atoms with E-state index in [0.717, 1.165) is 6.42 Å². The van der Waals surface area contributed by atoms with Gasteiger partial charge in [-0.1, -0.05) is 76.9 Å². The van der Waals surface area contributed by atoms with Crippen LogP contribution in [0.4, 0.5) is 0 Å². The van der Waals surface area contributed by atoms with Crippen molar-refractivity contribution in [2.24, 2.45) is 0 Å². The SMILES string of the molecule is CCCCCC/C=C\CCCCCCCCCCOC[C@@H](O)CO. The lowest BCUT2D eigenvalue weighted by atomic mass is 10.1. The number of ether oxygens (including phenoxy) is 1. The van der Waals surface area contributed by atoms with Gasteiger partial charge in [-0.05, 0) is 32.1 Å². The Morgan fingerprint density at radius 2 is 1.25 bits per heavy atom. The summed E-state index contributed by atoms with van der Waals surface area (Å²) < 4.78 is 5.29. The number of rotatable bonds is 19. The van der Waals surface area contributed by atoms with Crippen LogP contribution in [0.3, 0.4) is 0 Å². The van der Waals surface area contributed by atoms with Crippen LogP contribution in [0.25, 0.3) is 0 Å². The molecule has 0 spiro atoms. The van der Waals surface area contributed by atoms with Gasteiger partial charge in [0.2, 0.25) is 0 Å². The van der Waals surface area contributed by atoms with Gasteiger partial charge in [-0.25, -0.2) is 0 Å². The average Bonchev–Trinajstić information content (AvgIpc) is 2.60. The molecule has 0 aromatic heterocycles. The maximum Gasteiger partial charge on any atom is 0.100 e. The molecule has 0 rings (SSSR count). The Morgan fingerprint density at radius 3 is 1.79 bits per heavy atom. The van der Waals surface area contributed by atoms with Crippen LogP contribution in [0.1, 0.15) is 96.8 Å². The zero-order valence-electron chi connectivity index (χ0n) is 16.1. The van der Waals surface area contributed by atoms with Crippen LogP contribution in [0.5, 0.6) is 0 Å². The van der Waals surface area contributed by atoms with Crippen LogP contribution in [0, 0.1) is 0 Å². The van der Waals surface area contributed by atoms with Crippen molar-refractivity contribution in [1.82, 2.24) is 0 Å². The maximum atomic E-state index is 9.11. The van der Waals surface area contributed by atoms with E-state index in [-0.39, 0.29) is 13.2 Å². The van der Waals surface area contributed by atoms with Gasteiger partial charge in [-0.3, -0.25) is 0 Å². The van der Waals surface area contributed by atoms with Crippen molar-refractivity contribution in [3.63, 3.8) is 0 Å². The minimum atomic E-state index is -0.721. The molecule has 0 fully saturated rings. The van der Waals surface area contributed by atoms with Crippen molar-refractivity contribution in [3.8, 4) is 0 Å². The van der Waals surface area contributed by atoms with Crippen molar-refractivity contribution in [2.75, 3.05) is 19.8 Å². The van der Waals surface area contributed by atoms with Gasteiger partial charge in [0, 0.05) is 6.61 Å². The standard InChI is InChI=1S/C21H42O3/c1-2-3-4-5-6-7-8-9-10-11-12-13-14-15-16-17-18-24-20-21(23)19-22/h7-8,21-23H,2-6,9-20H2,1H3/b8-7-/t21-/m0/s1. The molecule has 3 nitrogen and oxygen atoms in total. The molecule has 144 valence electrons. The second kappa shape index (κ2) is 20.7. The normalized spacial score (nSPS) is 13.0. The van der Waals surface area contributed by atoms with Gasteiger partial charge >= 0.3 is 0 Å². The highest BCUT2D eigenvalue weighted by atomic mass is 16.5. The lowest BCUT2D eigenvalue weighted by Gasteiger charge is -2.07. The Labute approximate surface area is 150 Å². The molecule has 0 aliphatic carbocycles. The minimum absolute atomic E-state index is 0.214. The molecule has 0 aliphatic heterocycles. The molecule has 0 aromatic rings. The molecule has 0 aromatic carbocycles. The summed E-state index contributed by atoms with van der Waals surface area (Å²) in [5.41, 5.74) is 0. The van der Waals surface area contributed by atoms with Gasteiger partial charge in [0.1, 0.15) is 6.10 Å². The Morgan fingerprint density at radius 1 is 0.750 bits per heavy atom. The topological polar surface area (TPSA) is 49.7 Å². The predicted molar refractivity (Wildman–Crippen MR) is 103 cm³/mol. The molecule has 3 heteroatoms. The summed E-state index contributed by atoms with van der Waals surface area (Å²) >= 11 is 0. The van der Waals surface area contributed by atoms with Gasteiger partial charge in [0.15, 0.2) is 0 Å². The van der Waals surface area contributed by atoms with Gasteiger partial charge in [0.05, 0.1) is 13.2 Å². The quantitative estimate of drug-likeness (QED) is 0.244. The monoisotopic (exact) mass is 342 g/mol. The molecule has 0 unspecified atom stereocenters. The smallest absolute Gasteiger partial charge is 0.100 e. The fourth-order valence-electron chi connectivity index (χ4n) is 2.72. The van der Waals surface area contributed by atoms with E-state index >= 15 is 0 Å². The number of hydrogen-bond donors (Lipinski definition) is 2. The Hall–Kier alpha value is -0.380. The van der Waals surface area contributed by atoms with E-state index in [4.69, 9.17) is 14.9 Å². The first-order valence-electron chi connectivity index (χ1n) is 10.3. The summed E-state index contributed by atoms with van der Waals surface area (Å²) in [6.07, 6.45) is 22.3. The van der Waals surface area contributed by atoms with Crippen molar-refractivity contribution >= 4 is 0 Å². The van der Waals surface area contributed by atoms with Crippen molar-refractivity contribution in [2.45, 2.75) is 103 Å². The average molecular weight is 343 g/mol. The molecule has 0 aliphatic rings. The fraction of sp³-hybridized carbons (Fsp3) is 0.905. The van der Waals surface area contributed by atoms with Crippen LogP contribution in [-0.4, -0.2) is 36.1 Å². The van der Waals surface area contributed by atoms with Crippen LogP contribution in [-0.2, 0) is 4.74 Å². The molecule has 0 heterocycles. The zero-order valence-corrected chi connectivity index (χ0v) is 16.1. The zero-order chi connectivity index (χ0) is 17.7. The van der Waals surface area contributed by atoms with Crippen LogP contribution in [0.2, 0.25) is 0 Å². The van der Waals surface area contributed by atoms with Gasteiger partial charge < -0.3 is 14.9 Å². The number of hydrogen-bond acceptors (Lipinski definition) is 3. The van der Waals surface area contributed by atoms with E-state index < -0.39 is 6.10 Å². The summed E-state index contributed by atoms with van der Waals surface area (Å²) in [7, 11) is 0. The fourth-order valence-corrected chi connectivity index (χ4v) is 2.72. The summed E-state index contributed by atoms with van der Waals surface area (Å²) in [5, 5.41) is 17.8. The van der Waals surface area contributed by atoms with Gasteiger partial charge in [0.25, 0.3) is 0 Å². The summed E-state index contributed by atoms with van der Waals surface area (Å²) in [6.45, 7) is 3.00. The third-order valence-corrected chi connectivity index (χ3v) is 4.32. The molecule has 0 saturated heterocycles. The highest BCUT2D eigenvalue weighted by molar-refractivity contribution is 4.81. The lowest BCUT2D eigenvalue weighted by Crippen LogP contribution is -2.19. The number of allylic oxidation sites excluding steroid dienone is 2. The minimum Gasteiger partial charge on any atom is -0.394 e. The summed E-state index contributed by atoms with van der Waals surface area (Å²) in [6, 6.07) is 0. The molecular weight excluding hydrogens is 300 g/mol. The number of aliphatic hydroxyl groups is 2. The number of aliphatic hydroxyl groups excluding tert-OH is 2. The third-order valence-electron chi connectivity index (χ3n) is 4.32. The lowest BCUT2D eigenvalue weighted by molar-refractivity contribution is 0.00526. The van der Waals surface area contributed by atoms with Gasteiger partial charge in [-0.2, -0.15) is 0 Å². The van der Waals surface area contributed by atoms with E-state index in [1.165, 1.54) is 83.5 Å².